The third kappa shape index (κ3) is 22.4. The summed E-state index contributed by atoms with van der Waals surface area (Å²) in [6, 6.07) is 28.2. The lowest BCUT2D eigenvalue weighted by molar-refractivity contribution is -0.145. The van der Waals surface area contributed by atoms with Gasteiger partial charge in [0.2, 0.25) is 57.3 Å². The van der Waals surface area contributed by atoms with Gasteiger partial charge in [-0.25, -0.2) is 13.2 Å². The second-order valence-corrected chi connectivity index (χ2v) is 34.1. The van der Waals surface area contributed by atoms with E-state index in [1.807, 2.05) is 118 Å². The zero-order chi connectivity index (χ0) is 80.8. The Morgan fingerprint density at radius 3 is 1.29 bits per heavy atom. The number of sulfonamides is 1. The van der Waals surface area contributed by atoms with E-state index in [0.29, 0.717) is 59.4 Å². The zero-order valence-corrected chi connectivity index (χ0v) is 66.2. The fourth-order valence-electron chi connectivity index (χ4n) is 14.3. The fraction of sp³-hybridized carbons (Fsp3) is 0.459. The van der Waals surface area contributed by atoms with Crippen molar-refractivity contribution in [3.05, 3.63) is 180 Å². The number of hydrogen-bond donors (Lipinski definition) is 10. The van der Waals surface area contributed by atoms with Crippen molar-refractivity contribution in [1.82, 2.24) is 57.1 Å². The highest BCUT2D eigenvalue weighted by molar-refractivity contribution is 7.91. The molecule has 8 bridgehead atoms. The Balaban J connectivity index is 0.972. The lowest BCUT2D eigenvalue weighted by Crippen LogP contribution is -2.61. The average Bonchev–Trinajstić information content (AvgIpc) is 1.62. The SMILES string of the molecule is CN[C@@H](C)C(=O)N[C@H](C(=O)N1C[C@H]2C/C=C/COc3ccc(cc3)C[C@@H](C(=O)NS(=O)(=O)C3CC3)NC(=O)[C@H](Cc3ccc4ccccc4c3)NC(=O)[C@@H]3C[C@H](C/C=C/COc4ccc(cc4)C[C@@H](C(=O)O)NC(=O)[C@H](Cc4ccc5ccccc5c4)NC(=O)[C@@H]1C2)CN3C(=O)[C@@H](NC(=O)[C@H](C)NC)C(C)(C)C)C(C)(C)C. The van der Waals surface area contributed by atoms with Crippen molar-refractivity contribution in [3.63, 3.8) is 0 Å². The molecule has 598 valence electrons. The average molecular weight is 1550 g/mol. The number of rotatable bonds is 16. The Bertz CT molecular complexity index is 4590. The molecule has 2 saturated heterocycles. The summed E-state index contributed by atoms with van der Waals surface area (Å²) in [4.78, 5) is 149. The third-order valence-electron chi connectivity index (χ3n) is 21.3. The second kappa shape index (κ2) is 37.2. The number of carbonyl (C=O) groups is 10. The van der Waals surface area contributed by atoms with Gasteiger partial charge in [-0.3, -0.25) is 47.9 Å². The molecule has 3 fully saturated rings. The van der Waals surface area contributed by atoms with Crippen LogP contribution in [0.5, 0.6) is 11.5 Å². The van der Waals surface area contributed by atoms with Gasteiger partial charge in [0.25, 0.3) is 5.91 Å². The quantitative estimate of drug-likeness (QED) is 0.0477. The summed E-state index contributed by atoms with van der Waals surface area (Å²) in [7, 11) is -0.899. The number of ether oxygens (including phenoxy) is 2. The van der Waals surface area contributed by atoms with Crippen LogP contribution in [0, 0.1) is 22.7 Å². The lowest BCUT2D eigenvalue weighted by Gasteiger charge is -2.36. The molecule has 1 aliphatic carbocycles. The topological polar surface area (TPSA) is 358 Å². The van der Waals surface area contributed by atoms with Crippen LogP contribution in [-0.4, -0.2) is 189 Å². The van der Waals surface area contributed by atoms with Crippen LogP contribution in [0.25, 0.3) is 21.5 Å². The number of fused-ring (bicyclic) bond motifs is 2. The van der Waals surface area contributed by atoms with Crippen molar-refractivity contribution in [1.29, 1.82) is 0 Å². The van der Waals surface area contributed by atoms with E-state index in [-0.39, 0.29) is 76.7 Å². The maximum atomic E-state index is 15.3. The van der Waals surface area contributed by atoms with Crippen molar-refractivity contribution in [3.8, 4) is 11.5 Å². The third-order valence-corrected chi connectivity index (χ3v) is 23.2. The molecule has 6 aromatic carbocycles. The van der Waals surface area contributed by atoms with E-state index >= 15 is 24.0 Å². The van der Waals surface area contributed by atoms with E-state index < -0.39 is 146 Å². The van der Waals surface area contributed by atoms with Crippen LogP contribution < -0.4 is 56.7 Å². The van der Waals surface area contributed by atoms with E-state index in [9.17, 15) is 37.5 Å². The minimum absolute atomic E-state index is 0.0572. The molecule has 0 spiro atoms. The van der Waals surface area contributed by atoms with Crippen molar-refractivity contribution in [2.24, 2.45) is 22.7 Å². The van der Waals surface area contributed by atoms with Crippen LogP contribution in [0.3, 0.4) is 0 Å². The normalized spacial score (nSPS) is 23.2. The van der Waals surface area contributed by atoms with Gasteiger partial charge in [0.05, 0.1) is 17.3 Å². The number of nitrogens with one attached hydrogen (secondary N) is 9. The molecule has 112 heavy (non-hydrogen) atoms. The van der Waals surface area contributed by atoms with Crippen LogP contribution in [0.15, 0.2) is 158 Å². The van der Waals surface area contributed by atoms with E-state index in [0.717, 1.165) is 21.5 Å². The number of allylic oxidation sites excluding steroid dienone is 2. The molecule has 12 atom stereocenters. The maximum absolute atomic E-state index is 15.3. The first-order valence-corrected chi connectivity index (χ1v) is 40.0. The van der Waals surface area contributed by atoms with Gasteiger partial charge in [-0.1, -0.05) is 175 Å². The Kier molecular flexibility index (Phi) is 27.9. The number of benzene rings is 6. The summed E-state index contributed by atoms with van der Waals surface area (Å²) >= 11 is 0. The molecule has 7 aliphatic rings. The summed E-state index contributed by atoms with van der Waals surface area (Å²) < 4.78 is 41.5. The van der Waals surface area contributed by atoms with Crippen LogP contribution in [-0.2, 0) is 83.7 Å². The first-order chi connectivity index (χ1) is 53.2. The van der Waals surface area contributed by atoms with Crippen molar-refractivity contribution in [2.75, 3.05) is 40.4 Å². The molecule has 0 aromatic heterocycles. The molecule has 10 N–H and O–H groups in total. The lowest BCUT2D eigenvalue weighted by atomic mass is 9.85. The molecule has 6 aliphatic heterocycles. The van der Waals surface area contributed by atoms with Crippen LogP contribution in [0.1, 0.15) is 116 Å². The van der Waals surface area contributed by atoms with Gasteiger partial charge >= 0.3 is 5.97 Å². The molecule has 6 aromatic rings. The molecule has 27 heteroatoms. The number of carboxylic acid groups (broad SMARTS) is 1. The molecule has 1 saturated carbocycles. The predicted molar refractivity (Wildman–Crippen MR) is 427 cm³/mol. The number of amides is 9. The van der Waals surface area contributed by atoms with Gasteiger partial charge in [0.15, 0.2) is 0 Å². The monoisotopic (exact) mass is 1550 g/mol. The number of carboxylic acids is 1. The highest BCUT2D eigenvalue weighted by Crippen LogP contribution is 2.34. The summed E-state index contributed by atoms with van der Waals surface area (Å²) in [6.45, 7) is 14.5. The van der Waals surface area contributed by atoms with E-state index in [1.54, 1.807) is 109 Å². The van der Waals surface area contributed by atoms with Crippen molar-refractivity contribution in [2.45, 2.75) is 185 Å². The van der Waals surface area contributed by atoms with Crippen LogP contribution in [0.4, 0.5) is 0 Å². The predicted octanol–water partition coefficient (Wildman–Crippen LogP) is 6.27. The van der Waals surface area contributed by atoms with Gasteiger partial charge in [0, 0.05) is 38.8 Å². The Hall–Kier alpha value is -10.5. The number of aliphatic carboxylic acids is 1. The van der Waals surface area contributed by atoms with E-state index in [2.05, 4.69) is 47.3 Å². The highest BCUT2D eigenvalue weighted by atomic mass is 32.2. The number of likely N-dealkylation sites (N-methyl/N-ethyl adjacent to an activating group) is 2. The zero-order valence-electron chi connectivity index (χ0n) is 65.4. The number of hydrogen-bond acceptors (Lipinski definition) is 16. The number of nitrogens with zero attached hydrogens (tertiary/aromatic N) is 2. The number of carbonyl (C=O) groups excluding carboxylic acids is 9. The van der Waals surface area contributed by atoms with E-state index in [4.69, 9.17) is 9.47 Å². The van der Waals surface area contributed by atoms with Crippen LogP contribution in [0.2, 0.25) is 0 Å². The molecule has 6 heterocycles. The van der Waals surface area contributed by atoms with E-state index in [1.165, 1.54) is 9.80 Å². The van der Waals surface area contributed by atoms with Crippen molar-refractivity contribution >= 4 is 90.7 Å². The minimum Gasteiger partial charge on any atom is -0.490 e. The summed E-state index contributed by atoms with van der Waals surface area (Å²) in [6.07, 6.45) is 8.46. The fourth-order valence-corrected chi connectivity index (χ4v) is 15.6. The van der Waals surface area contributed by atoms with Gasteiger partial charge in [-0.2, -0.15) is 0 Å². The Labute approximate surface area is 655 Å². The van der Waals surface area contributed by atoms with Crippen LogP contribution >= 0.6 is 0 Å². The molecule has 9 amide bonds. The first kappa shape index (κ1) is 84.0. The first-order valence-electron chi connectivity index (χ1n) is 38.5. The van der Waals surface area contributed by atoms with Crippen molar-refractivity contribution < 1.29 is 70.9 Å². The standard InChI is InChI=1S/C85H107N11O15S/c1-51(86-9)74(97)92-72(84(3,4)5)81(104)95-49-57-19-16-18-40-111-64-35-29-54(30-36-64)44-69(83(106)107)91-77(100)67(46-56-26-32-60-22-12-14-24-62(60)42-56)90-80(103)71-48-58(50-96(71)82(105)73(85(6,7)8)93-75(98)52(2)87-10)20-15-17-39-110-63-33-27-53(28-34-63)43-68(78(101)94-112(108,109)65-37-38-65)88-76(99)66(89-79(102)70(95)47-57)45-55-25-31-59-21-11-13-23-61(59)41-55/h11-18,21-36,41-42,51-52,57-58,65-73,86-87H,19-20,37-40,43-50H2,1-10H3,(H,88,99)(H,89,102)(H,90,103)(H,91,100)(H,92,97)(H,93,98)(H,94,101)(H,106,107)/b17-15+,18-16+/t51-,52-,57-,58-,66-,67-,68-,69-,70-,71-,72+,73+/m0/s1. The summed E-state index contributed by atoms with van der Waals surface area (Å²) in [5, 5.41) is 36.6. The van der Waals surface area contributed by atoms with Gasteiger partial charge in [-0.15, -0.1) is 0 Å². The highest BCUT2D eigenvalue weighted by Gasteiger charge is 2.48. The molecular weight excluding hydrogens is 1450 g/mol. The van der Waals surface area contributed by atoms with Gasteiger partial charge < -0.3 is 66.9 Å². The molecule has 26 nitrogen and oxygen atoms in total. The Morgan fingerprint density at radius 1 is 0.518 bits per heavy atom. The van der Waals surface area contributed by atoms with Gasteiger partial charge in [0.1, 0.15) is 73.0 Å². The maximum Gasteiger partial charge on any atom is 0.326 e. The summed E-state index contributed by atoms with van der Waals surface area (Å²) in [5.41, 5.74) is 0.639. The molecule has 13 rings (SSSR count). The largest absolute Gasteiger partial charge is 0.490 e. The minimum atomic E-state index is -4.14. The number of likely N-dealkylation sites (tertiary alicyclic amines) is 2. The van der Waals surface area contributed by atoms with Gasteiger partial charge in [-0.05, 0) is 157 Å². The molecular formula is C85H107N11O15S. The summed E-state index contributed by atoms with van der Waals surface area (Å²) in [5.74, 6) is -6.99. The smallest absolute Gasteiger partial charge is 0.326 e. The molecule has 0 unspecified atom stereocenters. The Morgan fingerprint density at radius 2 is 0.911 bits per heavy atom. The molecule has 0 radical (unpaired) electrons. The second-order valence-electron chi connectivity index (χ2n) is 32.1.